The van der Waals surface area contributed by atoms with Gasteiger partial charge in [0.2, 0.25) is 23.3 Å². The number of rotatable bonds is 3. The number of likely N-dealkylation sites (tertiary alicyclic amines) is 1. The van der Waals surface area contributed by atoms with Gasteiger partial charge in [0.25, 0.3) is 5.91 Å². The van der Waals surface area contributed by atoms with E-state index in [-0.39, 0.29) is 30.2 Å². The van der Waals surface area contributed by atoms with E-state index >= 15 is 0 Å². The first-order valence-corrected chi connectivity index (χ1v) is 9.52. The monoisotopic (exact) mass is 385 g/mol. The Bertz CT molecular complexity index is 906. The maximum atomic E-state index is 13.5. The number of para-hydroxylation sites is 1. The van der Waals surface area contributed by atoms with Crippen molar-refractivity contribution in [1.82, 2.24) is 4.90 Å². The van der Waals surface area contributed by atoms with Crippen molar-refractivity contribution < 1.29 is 24.5 Å². The molecule has 0 unspecified atom stereocenters. The molecule has 0 aromatic heterocycles. The molecule has 3 heterocycles. The van der Waals surface area contributed by atoms with E-state index in [1.165, 1.54) is 4.90 Å². The lowest BCUT2D eigenvalue weighted by molar-refractivity contribution is -0.734. The first-order valence-electron chi connectivity index (χ1n) is 9.52. The normalized spacial score (nSPS) is 31.3. The van der Waals surface area contributed by atoms with Crippen LogP contribution in [0.2, 0.25) is 0 Å². The molecule has 4 atom stereocenters. The Hall–Kier alpha value is -2.74. The van der Waals surface area contributed by atoms with Crippen molar-refractivity contribution in [3.05, 3.63) is 29.8 Å². The largest absolute Gasteiger partial charge is 0.370 e. The van der Waals surface area contributed by atoms with Crippen molar-refractivity contribution in [3.63, 3.8) is 0 Å². The molecule has 3 aliphatic heterocycles. The predicted octanol–water partition coefficient (Wildman–Crippen LogP) is -0.555. The highest BCUT2D eigenvalue weighted by molar-refractivity contribution is 6.14. The number of benzene rings is 1. The van der Waals surface area contributed by atoms with Crippen LogP contribution < -0.4 is 16.4 Å². The molecule has 2 saturated heterocycles. The van der Waals surface area contributed by atoms with Crippen LogP contribution in [0, 0.1) is 11.8 Å². The number of hydrogen-bond donors (Lipinski definition) is 3. The van der Waals surface area contributed by atoms with Gasteiger partial charge >= 0.3 is 0 Å². The lowest BCUT2D eigenvalue weighted by Gasteiger charge is -2.33. The lowest BCUT2D eigenvalue weighted by atomic mass is 9.76. The molecule has 0 aliphatic carbocycles. The van der Waals surface area contributed by atoms with Gasteiger partial charge in [-0.25, -0.2) is 0 Å². The standard InChI is InChI=1S/C20H24N4O4/c1-19(2,3)24-16(26)14-12(8-9-13(21)25)23-20(15(14)17(24)27)10-6-4-5-7-11(10)22-18(20)28/h4-7,12,14-15,23H,8-9H2,1-3H3,(H2,21,25)(H,22,28)/p+1/t12-,14+,15-,20-/m0/s1. The minimum atomic E-state index is -1.20. The van der Waals surface area contributed by atoms with Crippen LogP contribution in [0.25, 0.3) is 0 Å². The van der Waals surface area contributed by atoms with Crippen LogP contribution in [0.4, 0.5) is 5.69 Å². The summed E-state index contributed by atoms with van der Waals surface area (Å²) in [6.07, 6.45) is 0.436. The number of nitrogens with two attached hydrogens (primary N) is 2. The average Bonchev–Trinajstić information content (AvgIpc) is 3.17. The fourth-order valence-corrected chi connectivity index (χ4v) is 5.15. The number of nitrogens with one attached hydrogen (secondary N) is 1. The van der Waals surface area contributed by atoms with Crippen molar-refractivity contribution >= 4 is 29.3 Å². The van der Waals surface area contributed by atoms with Crippen LogP contribution in [-0.2, 0) is 24.7 Å². The highest BCUT2D eigenvalue weighted by Gasteiger charge is 2.74. The third kappa shape index (κ3) is 2.33. The number of amides is 4. The SMILES string of the molecule is CC(C)(C)N1C(=O)[C@@H]2[C@H](CCC(N)=O)[NH2+][C@]3(C(=O)Nc4ccccc43)[C@@H]2C1=O. The smallest absolute Gasteiger partial charge is 0.291 e. The van der Waals surface area contributed by atoms with Crippen LogP contribution in [0.15, 0.2) is 24.3 Å². The summed E-state index contributed by atoms with van der Waals surface area (Å²) in [5, 5.41) is 4.69. The fraction of sp³-hybridized carbons (Fsp3) is 0.500. The molecule has 8 heteroatoms. The van der Waals surface area contributed by atoms with Gasteiger partial charge in [-0.3, -0.25) is 24.1 Å². The van der Waals surface area contributed by atoms with Crippen LogP contribution >= 0.6 is 0 Å². The first kappa shape index (κ1) is 18.6. The number of carbonyl (C=O) groups is 4. The number of primary amides is 1. The van der Waals surface area contributed by atoms with Crippen LogP contribution in [0.5, 0.6) is 0 Å². The summed E-state index contributed by atoms with van der Waals surface area (Å²) in [5.74, 6) is -2.83. The van der Waals surface area contributed by atoms with Gasteiger partial charge in [0.1, 0.15) is 17.9 Å². The van der Waals surface area contributed by atoms with E-state index in [9.17, 15) is 19.2 Å². The van der Waals surface area contributed by atoms with E-state index < -0.39 is 28.8 Å². The van der Waals surface area contributed by atoms with Gasteiger partial charge in [-0.1, -0.05) is 18.2 Å². The molecule has 148 valence electrons. The molecule has 28 heavy (non-hydrogen) atoms. The van der Waals surface area contributed by atoms with Gasteiger partial charge in [-0.05, 0) is 26.8 Å². The highest BCUT2D eigenvalue weighted by Crippen LogP contribution is 2.50. The summed E-state index contributed by atoms with van der Waals surface area (Å²) < 4.78 is 0. The van der Waals surface area contributed by atoms with E-state index in [0.717, 1.165) is 0 Å². The summed E-state index contributed by atoms with van der Waals surface area (Å²) in [5.41, 5.74) is 4.81. The zero-order chi connectivity index (χ0) is 20.4. The molecule has 5 N–H and O–H groups in total. The molecule has 8 nitrogen and oxygen atoms in total. The van der Waals surface area contributed by atoms with E-state index in [1.807, 2.05) is 23.5 Å². The molecule has 0 saturated carbocycles. The number of imide groups is 1. The summed E-state index contributed by atoms with van der Waals surface area (Å²) in [6, 6.07) is 6.89. The topological polar surface area (TPSA) is 126 Å². The van der Waals surface area contributed by atoms with Crippen LogP contribution in [0.3, 0.4) is 0 Å². The van der Waals surface area contributed by atoms with E-state index in [4.69, 9.17) is 5.73 Å². The average molecular weight is 385 g/mol. The number of quaternary nitrogens is 1. The minimum Gasteiger partial charge on any atom is -0.370 e. The maximum Gasteiger partial charge on any atom is 0.291 e. The Morgan fingerprint density at radius 2 is 1.89 bits per heavy atom. The lowest BCUT2D eigenvalue weighted by Crippen LogP contribution is -2.99. The second-order valence-electron chi connectivity index (χ2n) is 8.89. The molecule has 1 aromatic carbocycles. The highest BCUT2D eigenvalue weighted by atomic mass is 16.2. The van der Waals surface area contributed by atoms with E-state index in [1.54, 1.807) is 26.8 Å². The number of fused-ring (bicyclic) bond motifs is 4. The van der Waals surface area contributed by atoms with Gasteiger partial charge in [0, 0.05) is 23.9 Å². The first-order chi connectivity index (χ1) is 13.1. The Balaban J connectivity index is 1.86. The van der Waals surface area contributed by atoms with E-state index in [2.05, 4.69) is 5.32 Å². The zero-order valence-electron chi connectivity index (χ0n) is 16.2. The van der Waals surface area contributed by atoms with Crippen molar-refractivity contribution in [1.29, 1.82) is 0 Å². The molecular formula is C20H25N4O4+. The van der Waals surface area contributed by atoms with Crippen molar-refractivity contribution in [2.24, 2.45) is 17.6 Å². The fourth-order valence-electron chi connectivity index (χ4n) is 5.15. The second kappa shape index (κ2) is 5.88. The Morgan fingerprint density at radius 3 is 2.54 bits per heavy atom. The molecule has 0 bridgehead atoms. The Labute approximate surface area is 162 Å². The van der Waals surface area contributed by atoms with Crippen LogP contribution in [-0.4, -0.2) is 40.1 Å². The minimum absolute atomic E-state index is 0.0979. The summed E-state index contributed by atoms with van der Waals surface area (Å²) in [6.45, 7) is 5.42. The van der Waals surface area contributed by atoms with E-state index in [0.29, 0.717) is 17.7 Å². The Kier molecular flexibility index (Phi) is 3.91. The molecule has 3 aliphatic rings. The van der Waals surface area contributed by atoms with Crippen molar-refractivity contribution in [2.45, 2.75) is 50.7 Å². The van der Waals surface area contributed by atoms with Crippen molar-refractivity contribution in [2.75, 3.05) is 5.32 Å². The van der Waals surface area contributed by atoms with Gasteiger partial charge in [0.05, 0.1) is 5.69 Å². The third-order valence-electron chi connectivity index (χ3n) is 6.17. The summed E-state index contributed by atoms with van der Waals surface area (Å²) in [4.78, 5) is 52.6. The molecule has 2 fully saturated rings. The van der Waals surface area contributed by atoms with Gasteiger partial charge in [-0.2, -0.15) is 0 Å². The summed E-state index contributed by atoms with van der Waals surface area (Å²) in [7, 11) is 0. The Morgan fingerprint density at radius 1 is 1.21 bits per heavy atom. The van der Waals surface area contributed by atoms with Crippen LogP contribution in [0.1, 0.15) is 39.2 Å². The van der Waals surface area contributed by atoms with Gasteiger partial charge in [0.15, 0.2) is 0 Å². The van der Waals surface area contributed by atoms with Gasteiger partial charge < -0.3 is 16.4 Å². The summed E-state index contributed by atoms with van der Waals surface area (Å²) >= 11 is 0. The predicted molar refractivity (Wildman–Crippen MR) is 99.5 cm³/mol. The third-order valence-corrected chi connectivity index (χ3v) is 6.17. The molecular weight excluding hydrogens is 360 g/mol. The number of nitrogens with zero attached hydrogens (tertiary/aromatic N) is 1. The number of hydrogen-bond acceptors (Lipinski definition) is 4. The molecule has 1 aromatic rings. The van der Waals surface area contributed by atoms with Crippen molar-refractivity contribution in [3.8, 4) is 0 Å². The number of carbonyl (C=O) groups excluding carboxylic acids is 4. The quantitative estimate of drug-likeness (QED) is 0.603. The zero-order valence-corrected chi connectivity index (χ0v) is 16.2. The molecule has 1 spiro atoms. The second-order valence-corrected chi connectivity index (χ2v) is 8.89. The van der Waals surface area contributed by atoms with Gasteiger partial charge in [-0.15, -0.1) is 0 Å². The maximum absolute atomic E-state index is 13.5. The molecule has 4 amide bonds. The number of anilines is 1. The molecule has 0 radical (unpaired) electrons. The molecule has 4 rings (SSSR count).